The number of fused-ring (bicyclic) bond motifs is 1. The van der Waals surface area contributed by atoms with Gasteiger partial charge in [0.2, 0.25) is 10.0 Å². The summed E-state index contributed by atoms with van der Waals surface area (Å²) in [4.78, 5) is 3.54. The second-order valence-electron chi connectivity index (χ2n) is 6.76. The van der Waals surface area contributed by atoms with E-state index in [2.05, 4.69) is 15.8 Å². The minimum absolute atomic E-state index is 0.117. The van der Waals surface area contributed by atoms with Crippen LogP contribution in [-0.2, 0) is 15.4 Å². The summed E-state index contributed by atoms with van der Waals surface area (Å²) in [7, 11) is -3.56. The molecule has 25 heavy (non-hydrogen) atoms. The van der Waals surface area contributed by atoms with Gasteiger partial charge in [-0.1, -0.05) is 29.8 Å². The number of halogens is 1. The van der Waals surface area contributed by atoms with Crippen LogP contribution in [-0.4, -0.2) is 19.9 Å². The molecular weight excluding hydrogens is 356 g/mol. The number of benzene rings is 2. The van der Waals surface area contributed by atoms with Crippen LogP contribution < -0.4 is 4.72 Å². The molecule has 0 atom stereocenters. The molecule has 0 spiro atoms. The Hall–Kier alpha value is -1.82. The monoisotopic (exact) mass is 374 g/mol. The Balaban J connectivity index is 1.59. The first-order valence-corrected chi connectivity index (χ1v) is 10.1. The van der Waals surface area contributed by atoms with Crippen LogP contribution in [0.1, 0.15) is 24.0 Å². The molecule has 1 saturated carbocycles. The Kier molecular flexibility index (Phi) is 3.90. The molecule has 1 aromatic heterocycles. The van der Waals surface area contributed by atoms with Gasteiger partial charge in [0.25, 0.3) is 0 Å². The third-order valence-corrected chi connectivity index (χ3v) is 6.88. The first-order chi connectivity index (χ1) is 11.9. The lowest BCUT2D eigenvalue weighted by molar-refractivity contribution is 0.567. The SMILES string of the molecule is Cc1cc(S(=O)(=O)NCC2(c3c[nH]c4ccccc34)CC2)ccc1Cl. The minimum atomic E-state index is -3.56. The van der Waals surface area contributed by atoms with Crippen LogP contribution in [0.25, 0.3) is 10.9 Å². The van der Waals surface area contributed by atoms with Crippen molar-refractivity contribution in [2.24, 2.45) is 0 Å². The second-order valence-corrected chi connectivity index (χ2v) is 8.94. The summed E-state index contributed by atoms with van der Waals surface area (Å²) in [5.74, 6) is 0. The van der Waals surface area contributed by atoms with E-state index in [-0.39, 0.29) is 10.3 Å². The van der Waals surface area contributed by atoms with E-state index in [0.717, 1.165) is 23.9 Å². The molecule has 0 aliphatic heterocycles. The maximum Gasteiger partial charge on any atom is 0.240 e. The van der Waals surface area contributed by atoms with Gasteiger partial charge in [-0.05, 0) is 55.2 Å². The summed E-state index contributed by atoms with van der Waals surface area (Å²) in [5, 5.41) is 1.73. The van der Waals surface area contributed by atoms with E-state index in [1.165, 1.54) is 10.9 Å². The molecule has 0 unspecified atom stereocenters. The van der Waals surface area contributed by atoms with Gasteiger partial charge < -0.3 is 4.98 Å². The van der Waals surface area contributed by atoms with Crippen LogP contribution in [0.2, 0.25) is 5.02 Å². The highest BCUT2D eigenvalue weighted by Crippen LogP contribution is 2.50. The standard InChI is InChI=1S/C19H19ClN2O2S/c1-13-10-14(6-7-17(13)20)25(23,24)22-12-19(8-9-19)16-11-21-18-5-3-2-4-15(16)18/h2-7,10-11,21-22H,8-9,12H2,1H3. The Morgan fingerprint density at radius 2 is 1.96 bits per heavy atom. The second kappa shape index (κ2) is 5.87. The Bertz CT molecular complexity index is 1050. The highest BCUT2D eigenvalue weighted by molar-refractivity contribution is 7.89. The third-order valence-electron chi connectivity index (χ3n) is 5.05. The van der Waals surface area contributed by atoms with E-state index in [4.69, 9.17) is 11.6 Å². The van der Waals surface area contributed by atoms with Crippen molar-refractivity contribution in [2.75, 3.05) is 6.54 Å². The van der Waals surface area contributed by atoms with Crippen molar-refractivity contribution < 1.29 is 8.42 Å². The lowest BCUT2D eigenvalue weighted by Gasteiger charge is -2.16. The molecule has 1 fully saturated rings. The van der Waals surface area contributed by atoms with Crippen LogP contribution in [0.15, 0.2) is 53.6 Å². The number of hydrogen-bond acceptors (Lipinski definition) is 2. The highest BCUT2D eigenvalue weighted by Gasteiger charge is 2.46. The molecule has 6 heteroatoms. The minimum Gasteiger partial charge on any atom is -0.361 e. The Morgan fingerprint density at radius 1 is 1.20 bits per heavy atom. The Labute approximate surface area is 152 Å². The molecule has 1 aliphatic rings. The molecule has 4 nitrogen and oxygen atoms in total. The van der Waals surface area contributed by atoms with Crippen molar-refractivity contribution in [1.29, 1.82) is 0 Å². The summed E-state index contributed by atoms with van der Waals surface area (Å²) >= 11 is 5.99. The van der Waals surface area contributed by atoms with Crippen molar-refractivity contribution in [3.63, 3.8) is 0 Å². The van der Waals surface area contributed by atoms with Crippen molar-refractivity contribution in [3.05, 3.63) is 64.8 Å². The van der Waals surface area contributed by atoms with Gasteiger partial charge in [0.05, 0.1) is 4.90 Å². The molecular formula is C19H19ClN2O2S. The van der Waals surface area contributed by atoms with Crippen LogP contribution >= 0.6 is 11.6 Å². The zero-order chi connectivity index (χ0) is 17.7. The largest absolute Gasteiger partial charge is 0.361 e. The number of H-pyrrole nitrogens is 1. The lowest BCUT2D eigenvalue weighted by Crippen LogP contribution is -2.32. The van der Waals surface area contributed by atoms with Crippen molar-refractivity contribution in [2.45, 2.75) is 30.1 Å². The van der Waals surface area contributed by atoms with E-state index in [1.807, 2.05) is 24.4 Å². The number of nitrogens with one attached hydrogen (secondary N) is 2. The smallest absolute Gasteiger partial charge is 0.240 e. The molecule has 1 heterocycles. The summed E-state index contributed by atoms with van der Waals surface area (Å²) in [5.41, 5.74) is 2.91. The number of hydrogen-bond donors (Lipinski definition) is 2. The van der Waals surface area contributed by atoms with Gasteiger partial charge in [0, 0.05) is 34.1 Å². The van der Waals surface area contributed by atoms with Crippen LogP contribution in [0, 0.1) is 6.92 Å². The molecule has 2 aromatic carbocycles. The molecule has 0 saturated heterocycles. The van der Waals surface area contributed by atoms with Crippen molar-refractivity contribution in [1.82, 2.24) is 9.71 Å². The maximum atomic E-state index is 12.6. The molecule has 0 amide bonds. The number of rotatable bonds is 5. The summed E-state index contributed by atoms with van der Waals surface area (Å²) in [6, 6.07) is 12.9. The molecule has 2 N–H and O–H groups in total. The van der Waals surface area contributed by atoms with E-state index in [1.54, 1.807) is 25.1 Å². The zero-order valence-corrected chi connectivity index (χ0v) is 15.4. The van der Waals surface area contributed by atoms with Gasteiger partial charge >= 0.3 is 0 Å². The number of aromatic amines is 1. The first-order valence-electron chi connectivity index (χ1n) is 8.24. The van der Waals surface area contributed by atoms with E-state index >= 15 is 0 Å². The predicted molar refractivity (Wildman–Crippen MR) is 101 cm³/mol. The molecule has 1 aliphatic carbocycles. The average Bonchev–Trinajstić information content (AvgIpc) is 3.26. The van der Waals surface area contributed by atoms with Gasteiger partial charge in [-0.25, -0.2) is 13.1 Å². The highest BCUT2D eigenvalue weighted by atomic mass is 35.5. The average molecular weight is 375 g/mol. The normalized spacial score (nSPS) is 16.2. The van der Waals surface area contributed by atoms with E-state index < -0.39 is 10.0 Å². The van der Waals surface area contributed by atoms with Crippen LogP contribution in [0.4, 0.5) is 0 Å². The summed E-state index contributed by atoms with van der Waals surface area (Å²) in [6.07, 6.45) is 3.98. The Morgan fingerprint density at radius 3 is 2.68 bits per heavy atom. The number of aryl methyl sites for hydroxylation is 1. The summed E-state index contributed by atoms with van der Waals surface area (Å²) in [6.45, 7) is 2.20. The van der Waals surface area contributed by atoms with Gasteiger partial charge in [0.1, 0.15) is 0 Å². The fraction of sp³-hybridized carbons (Fsp3) is 0.263. The molecule has 0 radical (unpaired) electrons. The van der Waals surface area contributed by atoms with E-state index in [0.29, 0.717) is 11.6 Å². The zero-order valence-electron chi connectivity index (χ0n) is 13.8. The topological polar surface area (TPSA) is 62.0 Å². The number of aromatic nitrogens is 1. The first kappa shape index (κ1) is 16.6. The number of sulfonamides is 1. The predicted octanol–water partition coefficient (Wildman–Crippen LogP) is 4.14. The molecule has 4 rings (SSSR count). The summed E-state index contributed by atoms with van der Waals surface area (Å²) < 4.78 is 28.1. The third kappa shape index (κ3) is 2.97. The van der Waals surface area contributed by atoms with Crippen molar-refractivity contribution >= 4 is 32.5 Å². The fourth-order valence-corrected chi connectivity index (χ4v) is 4.63. The maximum absolute atomic E-state index is 12.6. The molecule has 130 valence electrons. The van der Waals surface area contributed by atoms with E-state index in [9.17, 15) is 8.42 Å². The van der Waals surface area contributed by atoms with Gasteiger partial charge in [-0.15, -0.1) is 0 Å². The van der Waals surface area contributed by atoms with Gasteiger partial charge in [-0.3, -0.25) is 0 Å². The van der Waals surface area contributed by atoms with Gasteiger partial charge in [0.15, 0.2) is 0 Å². The van der Waals surface area contributed by atoms with Crippen molar-refractivity contribution in [3.8, 4) is 0 Å². The lowest BCUT2D eigenvalue weighted by atomic mass is 9.96. The van der Waals surface area contributed by atoms with Gasteiger partial charge in [-0.2, -0.15) is 0 Å². The fourth-order valence-electron chi connectivity index (χ4n) is 3.30. The number of para-hydroxylation sites is 1. The van der Waals surface area contributed by atoms with Crippen LogP contribution in [0.3, 0.4) is 0 Å². The molecule has 3 aromatic rings. The quantitative estimate of drug-likeness (QED) is 0.705. The molecule has 0 bridgehead atoms. The van der Waals surface area contributed by atoms with Crippen LogP contribution in [0.5, 0.6) is 0 Å².